The summed E-state index contributed by atoms with van der Waals surface area (Å²) < 4.78 is 0. The molecule has 0 aliphatic carbocycles. The Labute approximate surface area is 89.7 Å². The van der Waals surface area contributed by atoms with Gasteiger partial charge in [0.1, 0.15) is 0 Å². The molecule has 5 N–H and O–H groups in total. The Morgan fingerprint density at radius 2 is 1.56 bits per heavy atom. The predicted molar refractivity (Wildman–Crippen MR) is 47.4 cm³/mol. The summed E-state index contributed by atoms with van der Waals surface area (Å²) in [5.74, 6) is -9.31. The largest absolute Gasteiger partial charge is 0.481 e. The molecule has 0 amide bonds. The van der Waals surface area contributed by atoms with Gasteiger partial charge in [0.2, 0.25) is 0 Å². The van der Waals surface area contributed by atoms with Gasteiger partial charge in [0, 0.05) is 12.8 Å². The van der Waals surface area contributed by atoms with Crippen molar-refractivity contribution in [1.29, 1.82) is 0 Å². The van der Waals surface area contributed by atoms with E-state index >= 15 is 0 Å². The van der Waals surface area contributed by atoms with Crippen LogP contribution in [0.25, 0.3) is 0 Å². The van der Waals surface area contributed by atoms with Crippen LogP contribution < -0.4 is 0 Å². The molecule has 16 heavy (non-hydrogen) atoms. The third-order valence-electron chi connectivity index (χ3n) is 1.93. The van der Waals surface area contributed by atoms with E-state index in [1.54, 1.807) is 0 Å². The lowest BCUT2D eigenvalue weighted by Crippen LogP contribution is -2.41. The van der Waals surface area contributed by atoms with Crippen molar-refractivity contribution in [2.75, 3.05) is 0 Å². The lowest BCUT2D eigenvalue weighted by molar-refractivity contribution is -0.210. The van der Waals surface area contributed by atoms with Gasteiger partial charge in [0.15, 0.2) is 0 Å². The van der Waals surface area contributed by atoms with E-state index in [4.69, 9.17) is 25.5 Å². The van der Waals surface area contributed by atoms with Crippen LogP contribution in [-0.2, 0) is 14.4 Å². The van der Waals surface area contributed by atoms with E-state index < -0.39 is 42.5 Å². The Balaban J connectivity index is 4.51. The van der Waals surface area contributed by atoms with Crippen molar-refractivity contribution >= 4 is 17.9 Å². The molecule has 0 aromatic rings. The number of hydrogen-bond donors (Lipinski definition) is 5. The van der Waals surface area contributed by atoms with Crippen LogP contribution in [0.5, 0.6) is 0 Å². The minimum atomic E-state index is -3.17. The zero-order valence-electron chi connectivity index (χ0n) is 8.16. The normalized spacial score (nSPS) is 13.1. The molecule has 0 saturated carbocycles. The maximum absolute atomic E-state index is 10.6. The Hall–Kier alpha value is -1.67. The fraction of sp³-hybridized carbons (Fsp3) is 0.625. The highest BCUT2D eigenvalue weighted by molar-refractivity contribution is 5.77. The highest BCUT2D eigenvalue weighted by atomic mass is 16.5. The second kappa shape index (κ2) is 5.42. The summed E-state index contributed by atoms with van der Waals surface area (Å²) in [6.07, 6.45) is -1.83. The molecule has 0 radical (unpaired) electrons. The van der Waals surface area contributed by atoms with Gasteiger partial charge < -0.3 is 25.5 Å². The molecule has 0 spiro atoms. The highest BCUT2D eigenvalue weighted by Crippen LogP contribution is 2.20. The van der Waals surface area contributed by atoms with Crippen LogP contribution in [0.1, 0.15) is 19.3 Å². The zero-order chi connectivity index (χ0) is 12.9. The van der Waals surface area contributed by atoms with E-state index in [2.05, 4.69) is 0 Å². The summed E-state index contributed by atoms with van der Waals surface area (Å²) in [5.41, 5.74) is 0. The number of hydrogen-bond acceptors (Lipinski definition) is 5. The minimum absolute atomic E-state index is 0.374. The lowest BCUT2D eigenvalue weighted by Gasteiger charge is -2.20. The molecular formula is C8H12O8. The van der Waals surface area contributed by atoms with Crippen molar-refractivity contribution in [3.8, 4) is 0 Å². The van der Waals surface area contributed by atoms with Gasteiger partial charge in [-0.3, -0.25) is 9.59 Å². The molecule has 92 valence electrons. The van der Waals surface area contributed by atoms with Crippen LogP contribution >= 0.6 is 0 Å². The van der Waals surface area contributed by atoms with Crippen LogP contribution in [0, 0.1) is 5.92 Å². The molecule has 0 fully saturated rings. The Morgan fingerprint density at radius 3 is 1.88 bits per heavy atom. The van der Waals surface area contributed by atoms with E-state index in [0.29, 0.717) is 0 Å². The monoisotopic (exact) mass is 236 g/mol. The van der Waals surface area contributed by atoms with Crippen molar-refractivity contribution in [1.82, 2.24) is 0 Å². The van der Waals surface area contributed by atoms with Gasteiger partial charge in [-0.15, -0.1) is 0 Å². The lowest BCUT2D eigenvalue weighted by atomic mass is 9.94. The van der Waals surface area contributed by atoms with Crippen molar-refractivity contribution in [3.63, 3.8) is 0 Å². The third kappa shape index (κ3) is 4.71. The van der Waals surface area contributed by atoms with Crippen LogP contribution in [0.15, 0.2) is 0 Å². The molecule has 0 rings (SSSR count). The highest BCUT2D eigenvalue weighted by Gasteiger charge is 2.38. The first-order valence-electron chi connectivity index (χ1n) is 4.29. The van der Waals surface area contributed by atoms with Gasteiger partial charge >= 0.3 is 17.9 Å². The Kier molecular flexibility index (Phi) is 4.86. The molecule has 0 heterocycles. The summed E-state index contributed by atoms with van der Waals surface area (Å²) >= 11 is 0. The molecule has 0 aromatic carbocycles. The summed E-state index contributed by atoms with van der Waals surface area (Å²) in [5, 5.41) is 43.1. The smallest absolute Gasteiger partial charge is 0.364 e. The van der Waals surface area contributed by atoms with Gasteiger partial charge in [-0.25, -0.2) is 4.79 Å². The molecule has 0 bridgehead atoms. The molecule has 1 unspecified atom stereocenters. The van der Waals surface area contributed by atoms with Gasteiger partial charge in [-0.2, -0.15) is 0 Å². The number of carboxylic acid groups (broad SMARTS) is 3. The van der Waals surface area contributed by atoms with Gasteiger partial charge in [0.05, 0.1) is 5.92 Å². The van der Waals surface area contributed by atoms with E-state index in [0.717, 1.165) is 0 Å². The molecule has 1 atom stereocenters. The van der Waals surface area contributed by atoms with Gasteiger partial charge in [-0.05, 0) is 6.42 Å². The summed E-state index contributed by atoms with van der Waals surface area (Å²) in [6.45, 7) is 0. The molecular weight excluding hydrogens is 224 g/mol. The average molecular weight is 236 g/mol. The number of rotatable bonds is 7. The molecule has 0 aromatic heterocycles. The quantitative estimate of drug-likeness (QED) is 0.342. The number of carbonyl (C=O) groups is 3. The fourth-order valence-electron chi connectivity index (χ4n) is 1.04. The Morgan fingerprint density at radius 1 is 1.06 bits per heavy atom. The first-order chi connectivity index (χ1) is 7.16. The molecule has 0 aliphatic rings. The van der Waals surface area contributed by atoms with Crippen LogP contribution in [0.2, 0.25) is 0 Å². The van der Waals surface area contributed by atoms with E-state index in [9.17, 15) is 14.4 Å². The van der Waals surface area contributed by atoms with Crippen molar-refractivity contribution < 1.29 is 39.9 Å². The summed E-state index contributed by atoms with van der Waals surface area (Å²) in [6, 6.07) is 0. The van der Waals surface area contributed by atoms with Gasteiger partial charge in [-0.1, -0.05) is 0 Å². The molecule has 0 aliphatic heterocycles. The Bertz CT molecular complexity index is 294. The van der Waals surface area contributed by atoms with Gasteiger partial charge in [0.25, 0.3) is 5.79 Å². The first kappa shape index (κ1) is 14.3. The topological polar surface area (TPSA) is 152 Å². The predicted octanol–water partition coefficient (Wildman–Crippen LogP) is -1.29. The maximum Gasteiger partial charge on any atom is 0.364 e. The van der Waals surface area contributed by atoms with Crippen LogP contribution in [0.3, 0.4) is 0 Å². The van der Waals surface area contributed by atoms with Crippen molar-refractivity contribution in [2.45, 2.75) is 25.0 Å². The SMILES string of the molecule is O=C(O)CCC(CC(O)(O)C(=O)O)C(=O)O. The van der Waals surface area contributed by atoms with Crippen LogP contribution in [-0.4, -0.2) is 49.2 Å². The molecule has 8 nitrogen and oxygen atoms in total. The summed E-state index contributed by atoms with van der Waals surface area (Å²) in [7, 11) is 0. The number of aliphatic carboxylic acids is 3. The average Bonchev–Trinajstić information content (AvgIpc) is 2.11. The van der Waals surface area contributed by atoms with E-state index in [1.807, 2.05) is 0 Å². The summed E-state index contributed by atoms with van der Waals surface area (Å²) in [4.78, 5) is 31.1. The van der Waals surface area contributed by atoms with Crippen LogP contribution in [0.4, 0.5) is 0 Å². The second-order valence-corrected chi connectivity index (χ2v) is 3.29. The molecule has 8 heteroatoms. The maximum atomic E-state index is 10.6. The van der Waals surface area contributed by atoms with Crippen molar-refractivity contribution in [3.05, 3.63) is 0 Å². The standard InChI is InChI=1S/C8H12O8/c9-5(10)2-1-4(6(11)12)3-8(15,16)7(13)14/h4,15-16H,1-3H2,(H,9,10)(H,11,12)(H,13,14). The zero-order valence-corrected chi connectivity index (χ0v) is 8.16. The second-order valence-electron chi connectivity index (χ2n) is 3.29. The third-order valence-corrected chi connectivity index (χ3v) is 1.93. The number of carboxylic acids is 3. The molecule has 0 saturated heterocycles. The van der Waals surface area contributed by atoms with E-state index in [1.165, 1.54) is 0 Å². The van der Waals surface area contributed by atoms with E-state index in [-0.39, 0.29) is 6.42 Å². The first-order valence-corrected chi connectivity index (χ1v) is 4.29. The van der Waals surface area contributed by atoms with Crippen molar-refractivity contribution in [2.24, 2.45) is 5.92 Å². The minimum Gasteiger partial charge on any atom is -0.481 e. The fourth-order valence-corrected chi connectivity index (χ4v) is 1.04. The number of aliphatic hydroxyl groups is 2.